The zero-order valence-corrected chi connectivity index (χ0v) is 22.0. The number of morpholine rings is 1. The number of fused-ring (bicyclic) bond motifs is 1. The van der Waals surface area contributed by atoms with Gasteiger partial charge in [-0.2, -0.15) is 17.8 Å². The van der Waals surface area contributed by atoms with Crippen molar-refractivity contribution >= 4 is 46.2 Å². The van der Waals surface area contributed by atoms with Crippen molar-refractivity contribution in [3.05, 3.63) is 36.8 Å². The van der Waals surface area contributed by atoms with Crippen molar-refractivity contribution in [3.63, 3.8) is 0 Å². The van der Waals surface area contributed by atoms with Crippen LogP contribution in [0.3, 0.4) is 0 Å². The summed E-state index contributed by atoms with van der Waals surface area (Å²) >= 11 is 0. The molecule has 5 rings (SSSR count). The fourth-order valence-electron chi connectivity index (χ4n) is 4.31. The zero-order valence-electron chi connectivity index (χ0n) is 20.2. The molecule has 0 unspecified atom stereocenters. The monoisotopic (exact) mass is 532 g/mol. The van der Waals surface area contributed by atoms with E-state index in [9.17, 15) is 8.42 Å². The first-order chi connectivity index (χ1) is 17.0. The third-order valence-electron chi connectivity index (χ3n) is 6.32. The molecule has 0 radical (unpaired) electrons. The summed E-state index contributed by atoms with van der Waals surface area (Å²) in [5.74, 6) is 1.62. The summed E-state index contributed by atoms with van der Waals surface area (Å²) in [5, 5.41) is 6.72. The third kappa shape index (κ3) is 5.86. The van der Waals surface area contributed by atoms with E-state index in [1.165, 1.54) is 0 Å². The standard InChI is InChI=1S/C23H30N8O3S.H2S/c1-2-35(32,33)31-10-8-30(9-11-31)21-4-3-17(14-27-21)19-13-20-22(26-6-5-25-20)23(29-19)28-16-18-15-24-7-12-34-18;/h3-6,13-14,18,24H,2,7-12,15-16H2,1H3,(H,28,29);1H2/t18-;/m0./s1. The van der Waals surface area contributed by atoms with Crippen LogP contribution in [0.2, 0.25) is 0 Å². The number of nitrogens with zero attached hydrogens (tertiary/aromatic N) is 6. The minimum Gasteiger partial charge on any atom is -0.374 e. The Balaban J connectivity index is 0.00000304. The molecule has 2 fully saturated rings. The van der Waals surface area contributed by atoms with Crippen LogP contribution in [0.1, 0.15) is 6.92 Å². The van der Waals surface area contributed by atoms with E-state index in [1.54, 1.807) is 29.8 Å². The van der Waals surface area contributed by atoms with Gasteiger partial charge in [0.05, 0.1) is 29.7 Å². The normalized spacial score (nSPS) is 19.1. The molecule has 2 saturated heterocycles. The van der Waals surface area contributed by atoms with Gasteiger partial charge in [-0.25, -0.2) is 23.4 Å². The highest BCUT2D eigenvalue weighted by Crippen LogP contribution is 2.26. The second-order valence-corrected chi connectivity index (χ2v) is 10.8. The number of piperazine rings is 1. The van der Waals surface area contributed by atoms with Crippen LogP contribution in [-0.4, -0.2) is 96.9 Å². The van der Waals surface area contributed by atoms with Crippen LogP contribution >= 0.6 is 13.5 Å². The summed E-state index contributed by atoms with van der Waals surface area (Å²) < 4.78 is 31.6. The van der Waals surface area contributed by atoms with E-state index in [0.717, 1.165) is 35.7 Å². The summed E-state index contributed by atoms with van der Waals surface area (Å²) in [5.41, 5.74) is 3.08. The predicted molar refractivity (Wildman–Crippen MR) is 145 cm³/mol. The molecule has 2 aliphatic rings. The van der Waals surface area contributed by atoms with Gasteiger partial charge in [-0.1, -0.05) is 0 Å². The average Bonchev–Trinajstić information content (AvgIpc) is 2.92. The topological polar surface area (TPSA) is 125 Å². The second kappa shape index (κ2) is 11.6. The van der Waals surface area contributed by atoms with Crippen LogP contribution < -0.4 is 15.5 Å². The van der Waals surface area contributed by atoms with E-state index in [4.69, 9.17) is 9.72 Å². The minimum atomic E-state index is -3.15. The van der Waals surface area contributed by atoms with E-state index < -0.39 is 10.0 Å². The van der Waals surface area contributed by atoms with E-state index in [-0.39, 0.29) is 25.4 Å². The van der Waals surface area contributed by atoms with Crippen molar-refractivity contribution in [1.82, 2.24) is 29.6 Å². The number of hydrogen-bond acceptors (Lipinski definition) is 10. The number of nitrogens with one attached hydrogen (secondary N) is 2. The molecule has 3 aromatic rings. The van der Waals surface area contributed by atoms with E-state index in [0.29, 0.717) is 50.7 Å². The smallest absolute Gasteiger partial charge is 0.213 e. The molecular weight excluding hydrogens is 500 g/mol. The number of hydrogen-bond donors (Lipinski definition) is 2. The van der Waals surface area contributed by atoms with Gasteiger partial charge in [-0.3, -0.25) is 4.98 Å². The molecule has 2 aliphatic heterocycles. The van der Waals surface area contributed by atoms with Crippen LogP contribution in [0.4, 0.5) is 11.6 Å². The molecule has 0 amide bonds. The SMILES string of the molecule is CCS(=O)(=O)N1CCN(c2ccc(-c3cc4nccnc4c(NC[C@@H]4CNCCO4)n3)cn2)CC1.S. The maximum absolute atomic E-state index is 12.1. The molecular formula is C23H32N8O3S2. The number of pyridine rings is 2. The summed E-state index contributed by atoms with van der Waals surface area (Å²) in [6.07, 6.45) is 5.20. The molecule has 11 nitrogen and oxygen atoms in total. The summed E-state index contributed by atoms with van der Waals surface area (Å²) in [7, 11) is -3.15. The first-order valence-electron chi connectivity index (χ1n) is 11.9. The molecule has 0 aromatic carbocycles. The minimum absolute atomic E-state index is 0. The van der Waals surface area contributed by atoms with Crippen molar-refractivity contribution in [2.45, 2.75) is 13.0 Å². The lowest BCUT2D eigenvalue weighted by Gasteiger charge is -2.34. The molecule has 2 N–H and O–H groups in total. The number of aromatic nitrogens is 4. The number of ether oxygens (including phenoxy) is 1. The Morgan fingerprint density at radius 3 is 2.64 bits per heavy atom. The maximum Gasteiger partial charge on any atom is 0.213 e. The highest BCUT2D eigenvalue weighted by atomic mass is 32.2. The summed E-state index contributed by atoms with van der Waals surface area (Å²) in [6.45, 7) is 6.82. The van der Waals surface area contributed by atoms with Gasteiger partial charge in [0.15, 0.2) is 5.82 Å². The molecule has 194 valence electrons. The van der Waals surface area contributed by atoms with Crippen molar-refractivity contribution in [2.24, 2.45) is 0 Å². The molecule has 13 heteroatoms. The van der Waals surface area contributed by atoms with E-state index in [2.05, 4.69) is 30.5 Å². The van der Waals surface area contributed by atoms with Crippen LogP contribution in [0, 0.1) is 0 Å². The number of sulfonamides is 1. The summed E-state index contributed by atoms with van der Waals surface area (Å²) in [4.78, 5) is 20.5. The van der Waals surface area contributed by atoms with Crippen molar-refractivity contribution in [2.75, 3.05) is 68.4 Å². The number of anilines is 2. The predicted octanol–water partition coefficient (Wildman–Crippen LogP) is 1.07. The Hall–Kier alpha value is -2.58. The van der Waals surface area contributed by atoms with Gasteiger partial charge in [0.2, 0.25) is 10.0 Å². The van der Waals surface area contributed by atoms with Crippen LogP contribution in [-0.2, 0) is 14.8 Å². The van der Waals surface area contributed by atoms with Gasteiger partial charge < -0.3 is 20.3 Å². The lowest BCUT2D eigenvalue weighted by Crippen LogP contribution is -2.49. The molecule has 0 aliphatic carbocycles. The Morgan fingerprint density at radius 1 is 1.14 bits per heavy atom. The molecule has 0 bridgehead atoms. The van der Waals surface area contributed by atoms with Gasteiger partial charge in [0, 0.05) is 70.0 Å². The molecule has 5 heterocycles. The lowest BCUT2D eigenvalue weighted by atomic mass is 10.1. The molecule has 1 atom stereocenters. The fourth-order valence-corrected chi connectivity index (χ4v) is 5.39. The van der Waals surface area contributed by atoms with Gasteiger partial charge >= 0.3 is 0 Å². The highest BCUT2D eigenvalue weighted by molar-refractivity contribution is 7.89. The van der Waals surface area contributed by atoms with E-state index in [1.807, 2.05) is 18.2 Å². The Kier molecular flexibility index (Phi) is 8.57. The first-order valence-corrected chi connectivity index (χ1v) is 13.5. The fraction of sp³-hybridized carbons (Fsp3) is 0.478. The van der Waals surface area contributed by atoms with Crippen LogP contribution in [0.25, 0.3) is 22.3 Å². The van der Waals surface area contributed by atoms with Crippen LogP contribution in [0.5, 0.6) is 0 Å². The van der Waals surface area contributed by atoms with Crippen molar-refractivity contribution in [1.29, 1.82) is 0 Å². The summed E-state index contributed by atoms with van der Waals surface area (Å²) in [6, 6.07) is 5.85. The van der Waals surface area contributed by atoms with E-state index >= 15 is 0 Å². The molecule has 36 heavy (non-hydrogen) atoms. The first kappa shape index (κ1) is 26.5. The average molecular weight is 533 g/mol. The van der Waals surface area contributed by atoms with Crippen molar-refractivity contribution in [3.8, 4) is 11.3 Å². The van der Waals surface area contributed by atoms with Crippen LogP contribution in [0.15, 0.2) is 36.8 Å². The molecule has 0 saturated carbocycles. The Morgan fingerprint density at radius 2 is 1.94 bits per heavy atom. The third-order valence-corrected chi connectivity index (χ3v) is 8.20. The van der Waals surface area contributed by atoms with Gasteiger partial charge in [0.1, 0.15) is 11.3 Å². The Labute approximate surface area is 218 Å². The second-order valence-electron chi connectivity index (χ2n) is 8.55. The maximum atomic E-state index is 12.1. The van der Waals surface area contributed by atoms with Gasteiger partial charge in [-0.05, 0) is 25.1 Å². The molecule has 0 spiro atoms. The van der Waals surface area contributed by atoms with Gasteiger partial charge in [0.25, 0.3) is 0 Å². The number of rotatable bonds is 7. The molecule has 3 aromatic heterocycles. The largest absolute Gasteiger partial charge is 0.374 e. The van der Waals surface area contributed by atoms with Gasteiger partial charge in [-0.15, -0.1) is 0 Å². The quantitative estimate of drug-likeness (QED) is 0.456. The lowest BCUT2D eigenvalue weighted by molar-refractivity contribution is 0.0372. The van der Waals surface area contributed by atoms with Crippen molar-refractivity contribution < 1.29 is 13.2 Å². The zero-order chi connectivity index (χ0) is 24.3. The highest BCUT2D eigenvalue weighted by Gasteiger charge is 2.26. The Bertz CT molecular complexity index is 1260.